The molecule has 0 amide bonds. The lowest BCUT2D eigenvalue weighted by atomic mass is 10.1. The molecule has 1 aromatic rings. The van der Waals surface area contributed by atoms with Crippen LogP contribution in [0, 0.1) is 13.8 Å². The summed E-state index contributed by atoms with van der Waals surface area (Å²) >= 11 is 0. The summed E-state index contributed by atoms with van der Waals surface area (Å²) in [4.78, 5) is 2.49. The Morgan fingerprint density at radius 1 is 1.05 bits per heavy atom. The van der Waals surface area contributed by atoms with Gasteiger partial charge in [0.1, 0.15) is 5.75 Å². The van der Waals surface area contributed by atoms with Crippen LogP contribution in [0.15, 0.2) is 12.1 Å². The van der Waals surface area contributed by atoms with E-state index in [1.807, 2.05) is 13.8 Å². The third-order valence-electron chi connectivity index (χ3n) is 3.75. The Bertz CT molecular complexity index is 396. The van der Waals surface area contributed by atoms with Gasteiger partial charge in [-0.15, -0.1) is 0 Å². The maximum absolute atomic E-state index is 9.77. The number of rotatable bonds is 7. The van der Waals surface area contributed by atoms with E-state index >= 15 is 0 Å². The van der Waals surface area contributed by atoms with Gasteiger partial charge in [-0.25, -0.2) is 0 Å². The van der Waals surface area contributed by atoms with Crippen molar-refractivity contribution in [3.63, 3.8) is 0 Å². The zero-order valence-corrected chi connectivity index (χ0v) is 13.8. The third-order valence-corrected chi connectivity index (χ3v) is 3.75. The molecule has 0 heterocycles. The Kier molecular flexibility index (Phi) is 6.50. The van der Waals surface area contributed by atoms with E-state index in [0.717, 1.165) is 30.8 Å². The Morgan fingerprint density at radius 2 is 1.55 bits per heavy atom. The van der Waals surface area contributed by atoms with E-state index in [9.17, 15) is 5.11 Å². The van der Waals surface area contributed by atoms with Crippen molar-refractivity contribution in [2.45, 2.75) is 60.2 Å². The van der Waals surface area contributed by atoms with E-state index in [4.69, 9.17) is 0 Å². The summed E-state index contributed by atoms with van der Waals surface area (Å²) in [5.74, 6) is 0.416. The fraction of sp³-hybridized carbons (Fsp3) is 0.647. The van der Waals surface area contributed by atoms with Gasteiger partial charge in [-0.3, -0.25) is 4.90 Å². The highest BCUT2D eigenvalue weighted by Crippen LogP contribution is 2.22. The Labute approximate surface area is 124 Å². The minimum absolute atomic E-state index is 0.416. The number of aryl methyl sites for hydroxylation is 2. The number of aromatic hydroxyl groups is 1. The molecule has 0 radical (unpaired) electrons. The molecule has 0 aliphatic carbocycles. The maximum atomic E-state index is 9.77. The van der Waals surface area contributed by atoms with Crippen molar-refractivity contribution in [1.29, 1.82) is 0 Å². The fourth-order valence-electron chi connectivity index (χ4n) is 2.70. The zero-order valence-electron chi connectivity index (χ0n) is 13.8. The van der Waals surface area contributed by atoms with Gasteiger partial charge in [-0.05, 0) is 58.2 Å². The van der Waals surface area contributed by atoms with Crippen LogP contribution in [0.4, 0.5) is 0 Å². The predicted octanol–water partition coefficient (Wildman–Crippen LogP) is 3.22. The summed E-state index contributed by atoms with van der Waals surface area (Å²) in [6, 6.07) is 5.26. The minimum Gasteiger partial charge on any atom is -0.507 e. The molecule has 1 rings (SSSR count). The molecule has 0 saturated carbocycles. The predicted molar refractivity (Wildman–Crippen MR) is 86.3 cm³/mol. The average molecular weight is 278 g/mol. The van der Waals surface area contributed by atoms with Crippen LogP contribution < -0.4 is 5.32 Å². The minimum atomic E-state index is 0.416. The van der Waals surface area contributed by atoms with E-state index in [0.29, 0.717) is 17.8 Å². The standard InChI is InChI=1S/C17H30N2O/c1-12(2)19(13(3)4)8-7-18-11-16-9-14(5)17(20)15(6)10-16/h9-10,12-13,18,20H,7-8,11H2,1-6H3. The number of phenolic OH excluding ortho intramolecular Hbond substituents is 1. The van der Waals surface area contributed by atoms with Crippen molar-refractivity contribution in [2.24, 2.45) is 0 Å². The molecule has 2 N–H and O–H groups in total. The summed E-state index contributed by atoms with van der Waals surface area (Å²) in [6.45, 7) is 15.8. The maximum Gasteiger partial charge on any atom is 0.121 e. The van der Waals surface area contributed by atoms with Crippen molar-refractivity contribution in [3.05, 3.63) is 28.8 Å². The van der Waals surface area contributed by atoms with Gasteiger partial charge in [-0.1, -0.05) is 12.1 Å². The second-order valence-corrected chi connectivity index (χ2v) is 6.18. The summed E-state index contributed by atoms with van der Waals surface area (Å²) in [7, 11) is 0. The number of nitrogens with one attached hydrogen (secondary N) is 1. The Morgan fingerprint density at radius 3 is 2.00 bits per heavy atom. The molecule has 0 atom stereocenters. The SMILES string of the molecule is Cc1cc(CNCCN(C(C)C)C(C)C)cc(C)c1O. The van der Waals surface area contributed by atoms with Crippen molar-refractivity contribution in [2.75, 3.05) is 13.1 Å². The number of hydrogen-bond donors (Lipinski definition) is 2. The molecule has 3 nitrogen and oxygen atoms in total. The lowest BCUT2D eigenvalue weighted by Gasteiger charge is -2.30. The molecule has 0 aromatic heterocycles. The van der Waals surface area contributed by atoms with Crippen LogP contribution in [0.5, 0.6) is 5.75 Å². The van der Waals surface area contributed by atoms with E-state index in [-0.39, 0.29) is 0 Å². The molecule has 0 aliphatic heterocycles. The first-order chi connectivity index (χ1) is 9.32. The summed E-state index contributed by atoms with van der Waals surface area (Å²) in [5, 5.41) is 13.3. The molecule has 0 unspecified atom stereocenters. The molecule has 20 heavy (non-hydrogen) atoms. The topological polar surface area (TPSA) is 35.5 Å². The van der Waals surface area contributed by atoms with Crippen LogP contribution in [-0.4, -0.2) is 35.2 Å². The molecule has 0 saturated heterocycles. The van der Waals surface area contributed by atoms with Crippen molar-refractivity contribution < 1.29 is 5.11 Å². The molecule has 0 aliphatic rings. The Balaban J connectivity index is 2.45. The van der Waals surface area contributed by atoms with Gasteiger partial charge < -0.3 is 10.4 Å². The third kappa shape index (κ3) is 4.80. The molecule has 3 heteroatoms. The fourth-order valence-corrected chi connectivity index (χ4v) is 2.70. The van der Waals surface area contributed by atoms with Crippen molar-refractivity contribution in [1.82, 2.24) is 10.2 Å². The molecule has 0 bridgehead atoms. The van der Waals surface area contributed by atoms with E-state index < -0.39 is 0 Å². The molecule has 0 fully saturated rings. The first-order valence-corrected chi connectivity index (χ1v) is 7.58. The van der Waals surface area contributed by atoms with Gasteiger partial charge in [0, 0.05) is 31.7 Å². The summed E-state index contributed by atoms with van der Waals surface area (Å²) in [6.07, 6.45) is 0. The Hall–Kier alpha value is -1.06. The number of nitrogens with zero attached hydrogens (tertiary/aromatic N) is 1. The van der Waals surface area contributed by atoms with Gasteiger partial charge in [0.2, 0.25) is 0 Å². The second kappa shape index (κ2) is 7.65. The van der Waals surface area contributed by atoms with Crippen LogP contribution in [0.3, 0.4) is 0 Å². The van der Waals surface area contributed by atoms with E-state index in [2.05, 4.69) is 50.0 Å². The quantitative estimate of drug-likeness (QED) is 0.752. The normalized spacial score (nSPS) is 11.8. The van der Waals surface area contributed by atoms with Crippen LogP contribution >= 0.6 is 0 Å². The van der Waals surface area contributed by atoms with Crippen molar-refractivity contribution in [3.8, 4) is 5.75 Å². The zero-order chi connectivity index (χ0) is 15.3. The highest BCUT2D eigenvalue weighted by Gasteiger charge is 2.12. The average Bonchev–Trinajstić information content (AvgIpc) is 2.34. The highest BCUT2D eigenvalue weighted by molar-refractivity contribution is 5.42. The number of phenols is 1. The molecular weight excluding hydrogens is 248 g/mol. The van der Waals surface area contributed by atoms with Crippen LogP contribution in [0.25, 0.3) is 0 Å². The van der Waals surface area contributed by atoms with Gasteiger partial charge in [0.05, 0.1) is 0 Å². The van der Waals surface area contributed by atoms with E-state index in [1.54, 1.807) is 0 Å². The first-order valence-electron chi connectivity index (χ1n) is 7.58. The van der Waals surface area contributed by atoms with Gasteiger partial charge in [0.25, 0.3) is 0 Å². The van der Waals surface area contributed by atoms with Gasteiger partial charge in [-0.2, -0.15) is 0 Å². The lowest BCUT2D eigenvalue weighted by molar-refractivity contribution is 0.176. The smallest absolute Gasteiger partial charge is 0.121 e. The van der Waals surface area contributed by atoms with Crippen LogP contribution in [0.1, 0.15) is 44.4 Å². The van der Waals surface area contributed by atoms with Crippen LogP contribution in [0.2, 0.25) is 0 Å². The number of benzene rings is 1. The summed E-state index contributed by atoms with van der Waals surface area (Å²) in [5.41, 5.74) is 3.14. The van der Waals surface area contributed by atoms with E-state index in [1.165, 1.54) is 5.56 Å². The lowest BCUT2D eigenvalue weighted by Crippen LogP contribution is -2.41. The molecular formula is C17H30N2O. The molecule has 114 valence electrons. The van der Waals surface area contributed by atoms with Crippen molar-refractivity contribution >= 4 is 0 Å². The monoisotopic (exact) mass is 278 g/mol. The van der Waals surface area contributed by atoms with Gasteiger partial charge >= 0.3 is 0 Å². The number of hydrogen-bond acceptors (Lipinski definition) is 3. The molecule has 1 aromatic carbocycles. The first kappa shape index (κ1) is 17.0. The van der Waals surface area contributed by atoms with Crippen LogP contribution in [-0.2, 0) is 6.54 Å². The molecule has 0 spiro atoms. The largest absolute Gasteiger partial charge is 0.507 e. The second-order valence-electron chi connectivity index (χ2n) is 6.18. The van der Waals surface area contributed by atoms with Gasteiger partial charge in [0.15, 0.2) is 0 Å². The highest BCUT2D eigenvalue weighted by atomic mass is 16.3. The summed E-state index contributed by atoms with van der Waals surface area (Å²) < 4.78 is 0.